The van der Waals surface area contributed by atoms with Gasteiger partial charge in [0.15, 0.2) is 5.69 Å². The first-order valence-electron chi connectivity index (χ1n) is 13.9. The fraction of sp³-hybridized carbons (Fsp3) is 0.250. The maximum atomic E-state index is 13.8. The highest BCUT2D eigenvalue weighted by Gasteiger charge is 2.27. The SMILES string of the molecule is NCc1ccc(NC(=O)c2cc3c(cc2-c2ccc(C(=O)NC4CCCC4)nc2C(=O)O)OCCc2ccsc2-3)cc1. The van der Waals surface area contributed by atoms with Crippen molar-refractivity contribution in [1.29, 1.82) is 0 Å². The van der Waals surface area contributed by atoms with Gasteiger partial charge in [0.2, 0.25) is 0 Å². The van der Waals surface area contributed by atoms with E-state index in [1.54, 1.807) is 41.7 Å². The zero-order chi connectivity index (χ0) is 29.2. The van der Waals surface area contributed by atoms with Crippen LogP contribution in [-0.4, -0.2) is 40.5 Å². The van der Waals surface area contributed by atoms with E-state index in [2.05, 4.69) is 15.6 Å². The van der Waals surface area contributed by atoms with Gasteiger partial charge in [-0.1, -0.05) is 25.0 Å². The highest BCUT2D eigenvalue weighted by molar-refractivity contribution is 7.13. The zero-order valence-corrected chi connectivity index (χ0v) is 23.6. The molecule has 1 saturated carbocycles. The van der Waals surface area contributed by atoms with Crippen LogP contribution in [0.2, 0.25) is 0 Å². The Labute approximate surface area is 246 Å². The Kier molecular flexibility index (Phi) is 7.73. The molecule has 214 valence electrons. The average molecular weight is 583 g/mol. The third-order valence-corrected chi connectivity index (χ3v) is 8.73. The second kappa shape index (κ2) is 11.8. The Morgan fingerprint density at radius 3 is 2.50 bits per heavy atom. The van der Waals surface area contributed by atoms with E-state index in [1.807, 2.05) is 23.6 Å². The van der Waals surface area contributed by atoms with E-state index in [-0.39, 0.29) is 28.6 Å². The maximum Gasteiger partial charge on any atom is 0.355 e. The summed E-state index contributed by atoms with van der Waals surface area (Å²) in [7, 11) is 0. The lowest BCUT2D eigenvalue weighted by Crippen LogP contribution is -2.33. The molecule has 0 radical (unpaired) electrons. The molecular formula is C32H30N4O5S. The van der Waals surface area contributed by atoms with Gasteiger partial charge in [-0.25, -0.2) is 9.78 Å². The number of anilines is 1. The quantitative estimate of drug-likeness (QED) is 0.225. The number of hydrogen-bond acceptors (Lipinski definition) is 7. The van der Waals surface area contributed by atoms with E-state index in [4.69, 9.17) is 10.5 Å². The number of pyridine rings is 1. The minimum atomic E-state index is -1.30. The molecule has 2 aromatic heterocycles. The molecular weight excluding hydrogens is 552 g/mol. The van der Waals surface area contributed by atoms with Crippen LogP contribution in [-0.2, 0) is 13.0 Å². The van der Waals surface area contributed by atoms with Gasteiger partial charge in [0.1, 0.15) is 11.4 Å². The van der Waals surface area contributed by atoms with Gasteiger partial charge in [-0.15, -0.1) is 11.3 Å². The van der Waals surface area contributed by atoms with Crippen LogP contribution in [0.4, 0.5) is 5.69 Å². The summed E-state index contributed by atoms with van der Waals surface area (Å²) in [6.07, 6.45) is 4.60. The lowest BCUT2D eigenvalue weighted by molar-refractivity contribution is 0.0691. The Hall–Kier alpha value is -4.54. The van der Waals surface area contributed by atoms with E-state index < -0.39 is 17.8 Å². The largest absolute Gasteiger partial charge is 0.493 e. The molecule has 3 heterocycles. The number of nitrogens with two attached hydrogens (primary N) is 1. The average Bonchev–Trinajstić information content (AvgIpc) is 3.66. The first-order chi connectivity index (χ1) is 20.4. The van der Waals surface area contributed by atoms with Gasteiger partial charge in [-0.05, 0) is 71.8 Å². The fourth-order valence-corrected chi connectivity index (χ4v) is 6.52. The highest BCUT2D eigenvalue weighted by Crippen LogP contribution is 2.43. The van der Waals surface area contributed by atoms with E-state index in [0.717, 1.165) is 47.3 Å². The van der Waals surface area contributed by atoms with Gasteiger partial charge >= 0.3 is 5.97 Å². The number of carbonyl (C=O) groups excluding carboxylic acids is 2. The number of hydrogen-bond donors (Lipinski definition) is 4. The first-order valence-corrected chi connectivity index (χ1v) is 14.8. The van der Waals surface area contributed by atoms with Crippen molar-refractivity contribution in [3.8, 4) is 27.3 Å². The van der Waals surface area contributed by atoms with E-state index in [1.165, 1.54) is 6.07 Å². The number of fused-ring (bicyclic) bond motifs is 3. The molecule has 5 N–H and O–H groups in total. The molecule has 0 atom stereocenters. The Balaban J connectivity index is 1.45. The van der Waals surface area contributed by atoms with E-state index >= 15 is 0 Å². The lowest BCUT2D eigenvalue weighted by Gasteiger charge is -2.17. The molecule has 2 aromatic carbocycles. The second-order valence-electron chi connectivity index (χ2n) is 10.5. The minimum Gasteiger partial charge on any atom is -0.493 e. The summed E-state index contributed by atoms with van der Waals surface area (Å²) in [5.41, 5.74) is 9.62. The van der Waals surface area contributed by atoms with Gasteiger partial charge in [0.25, 0.3) is 11.8 Å². The zero-order valence-electron chi connectivity index (χ0n) is 22.8. The summed E-state index contributed by atoms with van der Waals surface area (Å²) in [5.74, 6) is -1.59. The Morgan fingerprint density at radius 2 is 1.76 bits per heavy atom. The molecule has 1 fully saturated rings. The number of amides is 2. The molecule has 0 bridgehead atoms. The number of carboxylic acid groups (broad SMARTS) is 1. The van der Waals surface area contributed by atoms with Crippen LogP contribution in [0.5, 0.6) is 5.75 Å². The van der Waals surface area contributed by atoms with Crippen molar-refractivity contribution in [2.45, 2.75) is 44.7 Å². The van der Waals surface area contributed by atoms with Gasteiger partial charge in [0, 0.05) is 51.8 Å². The topological polar surface area (TPSA) is 144 Å². The summed E-state index contributed by atoms with van der Waals surface area (Å²) in [6.45, 7) is 0.825. The van der Waals surface area contributed by atoms with Crippen LogP contribution >= 0.6 is 11.3 Å². The van der Waals surface area contributed by atoms with Crippen LogP contribution in [0.25, 0.3) is 21.6 Å². The maximum absolute atomic E-state index is 13.8. The number of aromatic carboxylic acids is 1. The monoisotopic (exact) mass is 582 g/mol. The van der Waals surface area contributed by atoms with Gasteiger partial charge in [0.05, 0.1) is 6.61 Å². The number of rotatable bonds is 7. The van der Waals surface area contributed by atoms with Crippen molar-refractivity contribution in [3.05, 3.63) is 88.1 Å². The molecule has 1 aliphatic heterocycles. The summed E-state index contributed by atoms with van der Waals surface area (Å²) < 4.78 is 6.10. The summed E-state index contributed by atoms with van der Waals surface area (Å²) in [4.78, 5) is 44.5. The first kappa shape index (κ1) is 27.6. The molecule has 1 aliphatic carbocycles. The third-order valence-electron chi connectivity index (χ3n) is 7.74. The van der Waals surface area contributed by atoms with E-state index in [9.17, 15) is 19.5 Å². The van der Waals surface area contributed by atoms with Gasteiger partial charge < -0.3 is 26.2 Å². The number of nitrogens with zero attached hydrogens (tertiary/aromatic N) is 1. The van der Waals surface area contributed by atoms with Crippen molar-refractivity contribution >= 4 is 34.8 Å². The molecule has 0 unspecified atom stereocenters. The number of ether oxygens (including phenoxy) is 1. The summed E-state index contributed by atoms with van der Waals surface area (Å²) in [6, 6.07) is 15.8. The number of benzene rings is 2. The number of carboxylic acids is 1. The van der Waals surface area contributed by atoms with Crippen LogP contribution in [0, 0.1) is 0 Å². The lowest BCUT2D eigenvalue weighted by atomic mass is 9.93. The molecule has 2 aliphatic rings. The molecule has 0 spiro atoms. The molecule has 10 heteroatoms. The predicted molar refractivity (Wildman–Crippen MR) is 161 cm³/mol. The van der Waals surface area contributed by atoms with Crippen molar-refractivity contribution < 1.29 is 24.2 Å². The van der Waals surface area contributed by atoms with Gasteiger partial charge in [-0.2, -0.15) is 0 Å². The van der Waals surface area contributed by atoms with Crippen molar-refractivity contribution in [3.63, 3.8) is 0 Å². The van der Waals surface area contributed by atoms with Crippen LogP contribution < -0.4 is 21.1 Å². The Bertz CT molecular complexity index is 1670. The summed E-state index contributed by atoms with van der Waals surface area (Å²) >= 11 is 1.56. The molecule has 6 rings (SSSR count). The highest BCUT2D eigenvalue weighted by atomic mass is 32.1. The standard InChI is InChI=1S/C32H30N4O5S/c33-17-18-5-7-21(8-6-18)34-30(37)24-15-25-27(41-13-11-19-12-14-42-29(19)25)16-23(24)22-9-10-26(36-28(22)32(39)40)31(38)35-20-3-1-2-4-20/h5-10,12,14-16,20H,1-4,11,13,17,33H2,(H,34,37)(H,35,38)(H,39,40). The van der Waals surface area contributed by atoms with Crippen molar-refractivity contribution in [2.75, 3.05) is 11.9 Å². The van der Waals surface area contributed by atoms with Crippen LogP contribution in [0.15, 0.2) is 60.0 Å². The molecule has 0 saturated heterocycles. The number of carbonyl (C=O) groups is 3. The number of thiophene rings is 1. The molecule has 42 heavy (non-hydrogen) atoms. The van der Waals surface area contributed by atoms with Gasteiger partial charge in [-0.3, -0.25) is 9.59 Å². The molecule has 9 nitrogen and oxygen atoms in total. The smallest absolute Gasteiger partial charge is 0.355 e. The minimum absolute atomic E-state index is 0.0169. The Morgan fingerprint density at radius 1 is 0.976 bits per heavy atom. The third kappa shape index (κ3) is 5.50. The van der Waals surface area contributed by atoms with Crippen molar-refractivity contribution in [2.24, 2.45) is 5.73 Å². The molecule has 2 amide bonds. The molecule has 4 aromatic rings. The van der Waals surface area contributed by atoms with E-state index in [0.29, 0.717) is 36.6 Å². The predicted octanol–water partition coefficient (Wildman–Crippen LogP) is 5.49. The van der Waals surface area contributed by atoms with Crippen LogP contribution in [0.1, 0.15) is 68.1 Å². The van der Waals surface area contributed by atoms with Crippen molar-refractivity contribution in [1.82, 2.24) is 10.3 Å². The second-order valence-corrected chi connectivity index (χ2v) is 11.4. The van der Waals surface area contributed by atoms with Crippen LogP contribution in [0.3, 0.4) is 0 Å². The number of aromatic nitrogens is 1. The normalized spacial score (nSPS) is 14.3. The fourth-order valence-electron chi connectivity index (χ4n) is 5.55. The summed E-state index contributed by atoms with van der Waals surface area (Å²) in [5, 5.41) is 18.1. The number of nitrogens with one attached hydrogen (secondary N) is 2.